The fraction of sp³-hybridized carbons (Fsp3) is 0.250. The molecular formula is C28H27ClN2O6. The Morgan fingerprint density at radius 2 is 1.41 bits per heavy atom. The number of methoxy groups -OCH3 is 2. The van der Waals surface area contributed by atoms with E-state index in [1.807, 2.05) is 48.5 Å². The number of benzene rings is 3. The van der Waals surface area contributed by atoms with Gasteiger partial charge in [0.2, 0.25) is 0 Å². The highest BCUT2D eigenvalue weighted by Gasteiger charge is 2.42. The predicted octanol–water partition coefficient (Wildman–Crippen LogP) is 5.98. The van der Waals surface area contributed by atoms with Crippen LogP contribution in [0.4, 0.5) is 15.3 Å². The second kappa shape index (κ2) is 11.3. The van der Waals surface area contributed by atoms with Crippen molar-refractivity contribution >= 4 is 35.4 Å². The number of ether oxygens (including phenoxy) is 2. The second-order valence-corrected chi connectivity index (χ2v) is 8.93. The maximum absolute atomic E-state index is 13.1. The first-order chi connectivity index (χ1) is 17.9. The molecule has 0 spiro atoms. The molecule has 0 saturated carbocycles. The van der Waals surface area contributed by atoms with Crippen molar-refractivity contribution in [1.82, 2.24) is 4.90 Å². The molecule has 192 valence electrons. The highest BCUT2D eigenvalue weighted by Crippen LogP contribution is 2.47. The van der Waals surface area contributed by atoms with Crippen LogP contribution in [0.5, 0.6) is 0 Å². The van der Waals surface area contributed by atoms with Gasteiger partial charge in [0.25, 0.3) is 0 Å². The Labute approximate surface area is 220 Å². The van der Waals surface area contributed by atoms with Crippen LogP contribution in [0.1, 0.15) is 30.0 Å². The molecule has 4 rings (SSSR count). The van der Waals surface area contributed by atoms with Crippen LogP contribution in [-0.4, -0.2) is 55.0 Å². The number of nitrogens with zero attached hydrogens (tertiary/aromatic N) is 2. The Hall–Kier alpha value is -4.04. The van der Waals surface area contributed by atoms with Crippen molar-refractivity contribution < 1.29 is 29.0 Å². The zero-order chi connectivity index (χ0) is 26.5. The third-order valence-electron chi connectivity index (χ3n) is 6.48. The number of carboxylic acid groups (broad SMARTS) is 1. The molecule has 1 aliphatic carbocycles. The quantitative estimate of drug-likeness (QED) is 0.390. The van der Waals surface area contributed by atoms with Crippen molar-refractivity contribution in [1.29, 1.82) is 0 Å². The van der Waals surface area contributed by atoms with E-state index in [1.54, 1.807) is 24.3 Å². The molecule has 9 heteroatoms. The molecule has 0 heterocycles. The molecule has 8 nitrogen and oxygen atoms in total. The number of hydrogen-bond donors (Lipinski definition) is 1. The molecule has 0 fully saturated rings. The van der Waals surface area contributed by atoms with E-state index in [1.165, 1.54) is 24.0 Å². The fourth-order valence-corrected chi connectivity index (χ4v) is 5.10. The van der Waals surface area contributed by atoms with E-state index in [0.717, 1.165) is 22.3 Å². The summed E-state index contributed by atoms with van der Waals surface area (Å²) in [4.78, 5) is 40.8. The molecule has 0 aromatic heterocycles. The summed E-state index contributed by atoms with van der Waals surface area (Å²) in [6.45, 7) is 0.132. The van der Waals surface area contributed by atoms with E-state index in [-0.39, 0.29) is 19.4 Å². The van der Waals surface area contributed by atoms with Gasteiger partial charge < -0.3 is 14.6 Å². The van der Waals surface area contributed by atoms with Gasteiger partial charge in [0.15, 0.2) is 0 Å². The number of aliphatic carboxylic acids is 1. The minimum absolute atomic E-state index is 0.0587. The Morgan fingerprint density at radius 1 is 0.865 bits per heavy atom. The van der Waals surface area contributed by atoms with Gasteiger partial charge in [-0.15, -0.1) is 0 Å². The van der Waals surface area contributed by atoms with E-state index in [9.17, 15) is 19.5 Å². The lowest BCUT2D eigenvalue weighted by atomic mass is 9.99. The normalized spacial score (nSPS) is 12.7. The predicted molar refractivity (Wildman–Crippen MR) is 140 cm³/mol. The van der Waals surface area contributed by atoms with E-state index >= 15 is 0 Å². The van der Waals surface area contributed by atoms with Crippen LogP contribution in [0.3, 0.4) is 0 Å². The zero-order valence-electron chi connectivity index (χ0n) is 20.5. The summed E-state index contributed by atoms with van der Waals surface area (Å²) in [6, 6.07) is 20.2. The van der Waals surface area contributed by atoms with E-state index < -0.39 is 30.2 Å². The summed E-state index contributed by atoms with van der Waals surface area (Å²) >= 11 is 6.29. The zero-order valence-corrected chi connectivity index (χ0v) is 21.2. The van der Waals surface area contributed by atoms with Gasteiger partial charge in [0, 0.05) is 6.54 Å². The first-order valence-corrected chi connectivity index (χ1v) is 12.1. The third kappa shape index (κ3) is 5.11. The molecule has 0 unspecified atom stereocenters. The number of fused-ring (bicyclic) bond motifs is 3. The molecule has 0 radical (unpaired) electrons. The van der Waals surface area contributed by atoms with Crippen LogP contribution in [0.25, 0.3) is 11.1 Å². The summed E-state index contributed by atoms with van der Waals surface area (Å²) in [5.74, 6) is -1.17. The number of carbonyl (C=O) groups is 3. The van der Waals surface area contributed by atoms with Crippen molar-refractivity contribution in [2.24, 2.45) is 0 Å². The number of amides is 2. The molecule has 1 atom stereocenters. The van der Waals surface area contributed by atoms with E-state index in [4.69, 9.17) is 21.1 Å². The lowest BCUT2D eigenvalue weighted by Gasteiger charge is -2.34. The first kappa shape index (κ1) is 26.0. The Balaban J connectivity index is 1.65. The molecule has 2 amide bonds. The summed E-state index contributed by atoms with van der Waals surface area (Å²) in [7, 11) is 2.50. The van der Waals surface area contributed by atoms with Gasteiger partial charge in [-0.1, -0.05) is 72.3 Å². The van der Waals surface area contributed by atoms with Crippen molar-refractivity contribution in [3.05, 3.63) is 88.9 Å². The lowest BCUT2D eigenvalue weighted by Crippen LogP contribution is -2.47. The molecule has 0 bridgehead atoms. The number of rotatable bonds is 8. The molecule has 37 heavy (non-hydrogen) atoms. The SMILES string of the molecule is COC(=O)N(CCC[C@@H](C(=O)O)N(C(=O)OC)C1c2ccccc2-c2ccccc21)c1ccccc1Cl. The van der Waals surface area contributed by atoms with Gasteiger partial charge in [-0.05, 0) is 47.2 Å². The van der Waals surface area contributed by atoms with Crippen molar-refractivity contribution in [3.63, 3.8) is 0 Å². The van der Waals surface area contributed by atoms with Crippen LogP contribution in [0.15, 0.2) is 72.8 Å². The first-order valence-electron chi connectivity index (χ1n) is 11.8. The summed E-state index contributed by atoms with van der Waals surface area (Å²) in [6.07, 6.45) is -1.06. The molecular weight excluding hydrogens is 496 g/mol. The standard InChI is InChI=1S/C28H27ClN2O6/c1-36-27(34)30(23-15-8-7-14-22(23)29)17-9-16-24(26(32)33)31(28(35)37-2)25-20-12-5-3-10-18(20)19-11-4-6-13-21(19)25/h3-8,10-15,24-25H,9,16-17H2,1-2H3,(H,32,33)/t24-/m0/s1. The number of para-hydroxylation sites is 1. The molecule has 3 aromatic rings. The average Bonchev–Trinajstić information content (AvgIpc) is 3.24. The molecule has 0 aliphatic heterocycles. The number of carboxylic acids is 1. The maximum atomic E-state index is 13.1. The van der Waals surface area contributed by atoms with Crippen LogP contribution in [0.2, 0.25) is 5.02 Å². The number of carbonyl (C=O) groups excluding carboxylic acids is 2. The van der Waals surface area contributed by atoms with Crippen molar-refractivity contribution in [2.45, 2.75) is 24.9 Å². The van der Waals surface area contributed by atoms with Crippen molar-refractivity contribution in [2.75, 3.05) is 25.7 Å². The van der Waals surface area contributed by atoms with E-state index in [0.29, 0.717) is 10.7 Å². The Bertz CT molecular complexity index is 1270. The summed E-state index contributed by atoms with van der Waals surface area (Å²) in [5.41, 5.74) is 3.99. The van der Waals surface area contributed by atoms with Gasteiger partial charge in [0.1, 0.15) is 6.04 Å². The van der Waals surface area contributed by atoms with Gasteiger partial charge in [-0.3, -0.25) is 9.80 Å². The summed E-state index contributed by atoms with van der Waals surface area (Å²) < 4.78 is 9.99. The molecule has 1 aliphatic rings. The fourth-order valence-electron chi connectivity index (χ4n) is 4.86. The molecule has 0 saturated heterocycles. The lowest BCUT2D eigenvalue weighted by molar-refractivity contribution is -0.143. The number of anilines is 1. The summed E-state index contributed by atoms with van der Waals surface area (Å²) in [5, 5.41) is 10.6. The Kier molecular flexibility index (Phi) is 7.98. The topological polar surface area (TPSA) is 96.4 Å². The number of hydrogen-bond acceptors (Lipinski definition) is 5. The van der Waals surface area contributed by atoms with Crippen LogP contribution >= 0.6 is 11.6 Å². The maximum Gasteiger partial charge on any atom is 0.414 e. The minimum Gasteiger partial charge on any atom is -0.480 e. The third-order valence-corrected chi connectivity index (χ3v) is 6.80. The van der Waals surface area contributed by atoms with Gasteiger partial charge in [-0.25, -0.2) is 14.4 Å². The monoisotopic (exact) mass is 522 g/mol. The average molecular weight is 523 g/mol. The van der Waals surface area contributed by atoms with Crippen LogP contribution < -0.4 is 4.90 Å². The largest absolute Gasteiger partial charge is 0.480 e. The van der Waals surface area contributed by atoms with Crippen LogP contribution in [-0.2, 0) is 14.3 Å². The number of halogens is 1. The Morgan fingerprint density at radius 3 is 1.95 bits per heavy atom. The minimum atomic E-state index is -1.22. The highest BCUT2D eigenvalue weighted by molar-refractivity contribution is 6.33. The van der Waals surface area contributed by atoms with Gasteiger partial charge >= 0.3 is 18.2 Å². The smallest absolute Gasteiger partial charge is 0.414 e. The van der Waals surface area contributed by atoms with Gasteiger partial charge in [-0.2, -0.15) is 0 Å². The van der Waals surface area contributed by atoms with Crippen LogP contribution in [0, 0.1) is 0 Å². The van der Waals surface area contributed by atoms with Crippen molar-refractivity contribution in [3.8, 4) is 11.1 Å². The molecule has 3 aromatic carbocycles. The van der Waals surface area contributed by atoms with Gasteiger partial charge in [0.05, 0.1) is 31.0 Å². The van der Waals surface area contributed by atoms with E-state index in [2.05, 4.69) is 0 Å². The molecule has 1 N–H and O–H groups in total. The second-order valence-electron chi connectivity index (χ2n) is 8.52. The highest BCUT2D eigenvalue weighted by atomic mass is 35.5.